The van der Waals surface area contributed by atoms with Crippen molar-refractivity contribution in [1.29, 1.82) is 0 Å². The summed E-state index contributed by atoms with van der Waals surface area (Å²) in [6.45, 7) is 6.11. The monoisotopic (exact) mass is 318 g/mol. The number of rotatable bonds is 2. The fourth-order valence-corrected chi connectivity index (χ4v) is 4.32. The van der Waals surface area contributed by atoms with Gasteiger partial charge in [-0.15, -0.1) is 0 Å². The van der Waals surface area contributed by atoms with Crippen LogP contribution in [0, 0.1) is 11.3 Å². The van der Waals surface area contributed by atoms with E-state index in [2.05, 4.69) is 17.3 Å². The molecule has 0 radical (unpaired) electrons. The van der Waals surface area contributed by atoms with Crippen molar-refractivity contribution in [2.24, 2.45) is 18.4 Å². The largest absolute Gasteiger partial charge is 0.367 e. The topological polar surface area (TPSA) is 59.4 Å². The normalized spacial score (nSPS) is 33.0. The van der Waals surface area contributed by atoms with Crippen LogP contribution < -0.4 is 5.32 Å². The van der Waals surface area contributed by atoms with Crippen LogP contribution in [0.2, 0.25) is 0 Å². The van der Waals surface area contributed by atoms with Crippen LogP contribution in [0.4, 0.5) is 0 Å². The Kier molecular flexibility index (Phi) is 3.50. The van der Waals surface area contributed by atoms with E-state index in [1.165, 1.54) is 0 Å². The average molecular weight is 318 g/mol. The fourth-order valence-electron chi connectivity index (χ4n) is 4.32. The van der Waals surface area contributed by atoms with E-state index >= 15 is 0 Å². The molecule has 3 fully saturated rings. The van der Waals surface area contributed by atoms with E-state index in [-0.39, 0.29) is 5.92 Å². The van der Waals surface area contributed by atoms with Gasteiger partial charge in [0.25, 0.3) is 0 Å². The van der Waals surface area contributed by atoms with Gasteiger partial charge in [-0.25, -0.2) is 0 Å². The SMILES string of the molecule is Cn1cc([C@]2(C)CN(C(=O)[C@H]3CC34CCNCC4)CCO2)cn1. The molecular formula is C17H26N4O2. The number of hydrogen-bond donors (Lipinski definition) is 1. The molecule has 1 aromatic heterocycles. The molecule has 126 valence electrons. The molecule has 0 unspecified atom stereocenters. The highest BCUT2D eigenvalue weighted by molar-refractivity contribution is 5.83. The van der Waals surface area contributed by atoms with Crippen LogP contribution in [-0.4, -0.2) is 53.4 Å². The number of aromatic nitrogens is 2. The second-order valence-electron chi connectivity index (χ2n) is 7.61. The van der Waals surface area contributed by atoms with Crippen molar-refractivity contribution < 1.29 is 9.53 Å². The summed E-state index contributed by atoms with van der Waals surface area (Å²) in [5, 5.41) is 7.65. The van der Waals surface area contributed by atoms with Gasteiger partial charge in [0.2, 0.25) is 5.91 Å². The third-order valence-electron chi connectivity index (χ3n) is 5.99. The Balaban J connectivity index is 1.46. The van der Waals surface area contributed by atoms with Crippen LogP contribution in [-0.2, 0) is 22.2 Å². The second kappa shape index (κ2) is 5.31. The van der Waals surface area contributed by atoms with E-state index in [4.69, 9.17) is 4.74 Å². The number of ether oxygens (including phenoxy) is 1. The van der Waals surface area contributed by atoms with Crippen LogP contribution in [0.5, 0.6) is 0 Å². The molecule has 3 aliphatic rings. The Hall–Kier alpha value is -1.40. The van der Waals surface area contributed by atoms with Crippen LogP contribution in [0.1, 0.15) is 31.7 Å². The first-order chi connectivity index (χ1) is 11.0. The number of carbonyl (C=O) groups is 1. The minimum atomic E-state index is -0.446. The van der Waals surface area contributed by atoms with E-state index < -0.39 is 5.60 Å². The Morgan fingerprint density at radius 1 is 1.43 bits per heavy atom. The van der Waals surface area contributed by atoms with E-state index in [0.717, 1.165) is 37.9 Å². The zero-order chi connectivity index (χ0) is 16.1. The minimum absolute atomic E-state index is 0.237. The number of amides is 1. The Morgan fingerprint density at radius 3 is 2.91 bits per heavy atom. The zero-order valence-corrected chi connectivity index (χ0v) is 14.0. The molecule has 0 aromatic carbocycles. The van der Waals surface area contributed by atoms with Gasteiger partial charge >= 0.3 is 0 Å². The van der Waals surface area contributed by atoms with E-state index in [1.54, 1.807) is 4.68 Å². The number of nitrogens with one attached hydrogen (secondary N) is 1. The standard InChI is InChI=1S/C17H26N4O2/c1-16(13-10-19-20(2)11-13)12-21(7-8-23-16)15(22)14-9-17(14)3-5-18-6-4-17/h10-11,14,18H,3-9,12H2,1-2H3/t14-,16+/m1/s1. The van der Waals surface area contributed by atoms with E-state index in [0.29, 0.717) is 31.0 Å². The van der Waals surface area contributed by atoms with Gasteiger partial charge in [-0.05, 0) is 44.7 Å². The predicted octanol–water partition coefficient (Wildman–Crippen LogP) is 0.884. The number of aryl methyl sites for hydroxylation is 1. The number of piperidine rings is 1. The van der Waals surface area contributed by atoms with Gasteiger partial charge < -0.3 is 15.0 Å². The highest BCUT2D eigenvalue weighted by Crippen LogP contribution is 2.59. The minimum Gasteiger partial charge on any atom is -0.367 e. The van der Waals surface area contributed by atoms with Crippen LogP contribution >= 0.6 is 0 Å². The molecule has 1 aromatic rings. The molecule has 2 atom stereocenters. The third-order valence-corrected chi connectivity index (χ3v) is 5.99. The maximum atomic E-state index is 13.0. The lowest BCUT2D eigenvalue weighted by molar-refractivity contribution is -0.151. The number of nitrogens with zero attached hydrogens (tertiary/aromatic N) is 3. The number of carbonyl (C=O) groups excluding carboxylic acids is 1. The molecule has 1 saturated carbocycles. The van der Waals surface area contributed by atoms with Crippen LogP contribution in [0.15, 0.2) is 12.4 Å². The maximum absolute atomic E-state index is 13.0. The Morgan fingerprint density at radius 2 is 2.22 bits per heavy atom. The van der Waals surface area contributed by atoms with Crippen molar-refractivity contribution in [2.75, 3.05) is 32.8 Å². The van der Waals surface area contributed by atoms with Gasteiger partial charge in [-0.3, -0.25) is 9.48 Å². The third kappa shape index (κ3) is 2.58. The Bertz CT molecular complexity index is 607. The highest BCUT2D eigenvalue weighted by Gasteiger charge is 2.59. The average Bonchev–Trinajstić information content (AvgIpc) is 3.03. The highest BCUT2D eigenvalue weighted by atomic mass is 16.5. The van der Waals surface area contributed by atoms with Gasteiger partial charge in [-0.1, -0.05) is 0 Å². The summed E-state index contributed by atoms with van der Waals surface area (Å²) in [6.07, 6.45) is 7.20. The fraction of sp³-hybridized carbons (Fsp3) is 0.765. The van der Waals surface area contributed by atoms with Gasteiger partial charge in [0.1, 0.15) is 5.60 Å². The first-order valence-electron chi connectivity index (χ1n) is 8.65. The zero-order valence-electron chi connectivity index (χ0n) is 14.0. The summed E-state index contributed by atoms with van der Waals surface area (Å²) in [5.41, 5.74) is 0.897. The predicted molar refractivity (Wildman–Crippen MR) is 85.7 cm³/mol. The molecule has 1 N–H and O–H groups in total. The lowest BCUT2D eigenvalue weighted by Gasteiger charge is -2.40. The van der Waals surface area contributed by atoms with Crippen LogP contribution in [0.25, 0.3) is 0 Å². The molecule has 1 aliphatic carbocycles. The molecule has 6 nitrogen and oxygen atoms in total. The van der Waals surface area contributed by atoms with Crippen molar-refractivity contribution in [3.8, 4) is 0 Å². The molecule has 1 spiro atoms. The summed E-state index contributed by atoms with van der Waals surface area (Å²) in [5.74, 6) is 0.575. The van der Waals surface area contributed by atoms with Crippen molar-refractivity contribution in [3.63, 3.8) is 0 Å². The van der Waals surface area contributed by atoms with Crippen molar-refractivity contribution in [1.82, 2.24) is 20.0 Å². The molecule has 2 aliphatic heterocycles. The molecule has 23 heavy (non-hydrogen) atoms. The molecule has 2 saturated heterocycles. The summed E-state index contributed by atoms with van der Waals surface area (Å²) < 4.78 is 7.81. The van der Waals surface area contributed by atoms with E-state index in [9.17, 15) is 4.79 Å². The Labute approximate surface area is 137 Å². The smallest absolute Gasteiger partial charge is 0.226 e. The van der Waals surface area contributed by atoms with Crippen LogP contribution in [0.3, 0.4) is 0 Å². The van der Waals surface area contributed by atoms with E-state index in [1.807, 2.05) is 24.3 Å². The first kappa shape index (κ1) is 15.1. The van der Waals surface area contributed by atoms with Crippen molar-refractivity contribution >= 4 is 5.91 Å². The van der Waals surface area contributed by atoms with Gasteiger partial charge in [0.15, 0.2) is 0 Å². The molecular weight excluding hydrogens is 292 g/mol. The molecule has 4 rings (SSSR count). The number of hydrogen-bond acceptors (Lipinski definition) is 4. The summed E-state index contributed by atoms with van der Waals surface area (Å²) in [4.78, 5) is 15.0. The lowest BCUT2D eigenvalue weighted by Crippen LogP contribution is -2.51. The number of morpholine rings is 1. The second-order valence-corrected chi connectivity index (χ2v) is 7.61. The molecule has 0 bridgehead atoms. The molecule has 3 heterocycles. The summed E-state index contributed by atoms with van der Waals surface area (Å²) in [7, 11) is 1.91. The molecule has 6 heteroatoms. The summed E-state index contributed by atoms with van der Waals surface area (Å²) in [6, 6.07) is 0. The molecule has 1 amide bonds. The quantitative estimate of drug-likeness (QED) is 0.879. The van der Waals surface area contributed by atoms with Gasteiger partial charge in [0, 0.05) is 31.3 Å². The van der Waals surface area contributed by atoms with Crippen molar-refractivity contribution in [2.45, 2.75) is 31.8 Å². The lowest BCUT2D eigenvalue weighted by atomic mass is 9.91. The van der Waals surface area contributed by atoms with Gasteiger partial charge in [0.05, 0.1) is 19.3 Å². The van der Waals surface area contributed by atoms with Crippen molar-refractivity contribution in [3.05, 3.63) is 18.0 Å². The van der Waals surface area contributed by atoms with Gasteiger partial charge in [-0.2, -0.15) is 5.10 Å². The summed E-state index contributed by atoms with van der Waals surface area (Å²) >= 11 is 0. The maximum Gasteiger partial charge on any atom is 0.226 e. The first-order valence-corrected chi connectivity index (χ1v) is 8.65.